The summed E-state index contributed by atoms with van der Waals surface area (Å²) in [6.07, 6.45) is -0.00919. The van der Waals surface area contributed by atoms with Gasteiger partial charge in [-0.2, -0.15) is 0 Å². The minimum atomic E-state index is -0.582. The predicted molar refractivity (Wildman–Crippen MR) is 93.7 cm³/mol. The molecule has 0 atom stereocenters. The summed E-state index contributed by atoms with van der Waals surface area (Å²) in [6.45, 7) is -0.389. The Balaban J connectivity index is 1.72. The van der Waals surface area contributed by atoms with E-state index >= 15 is 0 Å². The topological polar surface area (TPSA) is 72.5 Å². The summed E-state index contributed by atoms with van der Waals surface area (Å²) in [7, 11) is 0. The number of halogens is 1. The second-order valence-corrected chi connectivity index (χ2v) is 5.83. The van der Waals surface area contributed by atoms with Crippen LogP contribution in [0.2, 0.25) is 0 Å². The van der Waals surface area contributed by atoms with Gasteiger partial charge in [0, 0.05) is 16.5 Å². The number of ketones is 1. The molecule has 0 heterocycles. The third-order valence-electron chi connectivity index (χ3n) is 3.16. The Morgan fingerprint density at radius 2 is 1.58 bits per heavy atom. The number of carbonyl (C=O) groups excluding carboxylic acids is 3. The summed E-state index contributed by atoms with van der Waals surface area (Å²) in [5.74, 6) is -1.16. The van der Waals surface area contributed by atoms with Crippen LogP contribution in [0.4, 0.5) is 5.69 Å². The van der Waals surface area contributed by atoms with E-state index in [0.717, 1.165) is 4.47 Å². The Hall–Kier alpha value is -2.47. The van der Waals surface area contributed by atoms with Gasteiger partial charge >= 0.3 is 5.97 Å². The highest BCUT2D eigenvalue weighted by Gasteiger charge is 2.12. The quantitative estimate of drug-likeness (QED) is 0.579. The first kappa shape index (κ1) is 17.9. The molecule has 0 fully saturated rings. The lowest BCUT2D eigenvalue weighted by Gasteiger charge is -2.08. The van der Waals surface area contributed by atoms with E-state index < -0.39 is 11.9 Å². The van der Waals surface area contributed by atoms with Gasteiger partial charge in [0.2, 0.25) is 0 Å². The van der Waals surface area contributed by atoms with E-state index in [0.29, 0.717) is 11.3 Å². The second kappa shape index (κ2) is 8.98. The van der Waals surface area contributed by atoms with Gasteiger partial charge in [-0.3, -0.25) is 14.4 Å². The van der Waals surface area contributed by atoms with Gasteiger partial charge in [0.1, 0.15) is 0 Å². The molecule has 0 bridgehead atoms. The van der Waals surface area contributed by atoms with E-state index in [-0.39, 0.29) is 25.2 Å². The molecule has 0 unspecified atom stereocenters. The Morgan fingerprint density at radius 1 is 0.917 bits per heavy atom. The minimum absolute atomic E-state index is 0.0503. The van der Waals surface area contributed by atoms with Crippen LogP contribution >= 0.6 is 15.9 Å². The fourth-order valence-electron chi connectivity index (χ4n) is 1.95. The van der Waals surface area contributed by atoms with Crippen LogP contribution in [0.15, 0.2) is 59.1 Å². The molecule has 5 nitrogen and oxygen atoms in total. The first-order valence-corrected chi connectivity index (χ1v) is 8.14. The van der Waals surface area contributed by atoms with Gasteiger partial charge in [0.05, 0.1) is 12.1 Å². The largest absolute Gasteiger partial charge is 0.456 e. The van der Waals surface area contributed by atoms with Gasteiger partial charge in [-0.25, -0.2) is 0 Å². The van der Waals surface area contributed by atoms with Crippen LogP contribution in [-0.2, 0) is 14.3 Å². The molecular weight excluding hydrogens is 374 g/mol. The van der Waals surface area contributed by atoms with Crippen molar-refractivity contribution in [3.8, 4) is 0 Å². The summed E-state index contributed by atoms with van der Waals surface area (Å²) >= 11 is 3.31. The molecule has 2 aromatic rings. The molecular formula is C18H16BrNO4. The maximum Gasteiger partial charge on any atom is 0.306 e. The first-order chi connectivity index (χ1) is 11.6. The molecule has 0 aliphatic rings. The van der Waals surface area contributed by atoms with Crippen LogP contribution in [0.3, 0.4) is 0 Å². The van der Waals surface area contributed by atoms with Crippen LogP contribution in [0.5, 0.6) is 0 Å². The number of para-hydroxylation sites is 1. The Morgan fingerprint density at radius 3 is 2.29 bits per heavy atom. The van der Waals surface area contributed by atoms with E-state index in [1.165, 1.54) is 0 Å². The van der Waals surface area contributed by atoms with E-state index in [4.69, 9.17) is 4.74 Å². The average molecular weight is 390 g/mol. The number of Topliss-reactive ketones (excluding diaryl/α,β-unsaturated/α-hetero) is 1. The SMILES string of the molecule is O=C(COC(=O)CCC(=O)c1ccccc1)Nc1ccccc1Br. The fraction of sp³-hybridized carbons (Fsp3) is 0.167. The number of anilines is 1. The van der Waals surface area contributed by atoms with E-state index in [1.54, 1.807) is 42.5 Å². The van der Waals surface area contributed by atoms with E-state index in [9.17, 15) is 14.4 Å². The van der Waals surface area contributed by atoms with Crippen LogP contribution in [-0.4, -0.2) is 24.3 Å². The van der Waals surface area contributed by atoms with Gasteiger partial charge in [-0.15, -0.1) is 0 Å². The van der Waals surface area contributed by atoms with Gasteiger partial charge in [0.25, 0.3) is 5.91 Å². The zero-order valence-corrected chi connectivity index (χ0v) is 14.4. The summed E-state index contributed by atoms with van der Waals surface area (Å²) < 4.78 is 5.62. The third-order valence-corrected chi connectivity index (χ3v) is 3.86. The highest BCUT2D eigenvalue weighted by atomic mass is 79.9. The van der Waals surface area contributed by atoms with Crippen molar-refractivity contribution in [2.24, 2.45) is 0 Å². The number of amides is 1. The summed E-state index contributed by atoms with van der Waals surface area (Å²) in [5, 5.41) is 2.63. The Kier molecular flexibility index (Phi) is 6.69. The maximum absolute atomic E-state index is 11.9. The molecule has 0 radical (unpaired) electrons. The monoisotopic (exact) mass is 389 g/mol. The average Bonchev–Trinajstić information content (AvgIpc) is 2.60. The minimum Gasteiger partial charge on any atom is -0.456 e. The molecule has 1 N–H and O–H groups in total. The molecule has 2 aromatic carbocycles. The lowest BCUT2D eigenvalue weighted by Crippen LogP contribution is -2.21. The molecule has 0 aliphatic heterocycles. The molecule has 0 saturated carbocycles. The Labute approximate surface area is 148 Å². The zero-order chi connectivity index (χ0) is 17.4. The number of nitrogens with one attached hydrogen (secondary N) is 1. The van der Waals surface area contributed by atoms with Crippen molar-refractivity contribution in [3.63, 3.8) is 0 Å². The lowest BCUT2D eigenvalue weighted by molar-refractivity contribution is -0.147. The van der Waals surface area contributed by atoms with E-state index in [1.807, 2.05) is 12.1 Å². The summed E-state index contributed by atoms with van der Waals surface area (Å²) in [4.78, 5) is 35.3. The number of benzene rings is 2. The molecule has 0 aromatic heterocycles. The van der Waals surface area contributed by atoms with Crippen molar-refractivity contribution < 1.29 is 19.1 Å². The van der Waals surface area contributed by atoms with E-state index in [2.05, 4.69) is 21.2 Å². The molecule has 124 valence electrons. The van der Waals surface area contributed by atoms with Crippen molar-refractivity contribution >= 4 is 39.3 Å². The number of hydrogen-bond donors (Lipinski definition) is 1. The molecule has 2 rings (SSSR count). The normalized spacial score (nSPS) is 10.0. The van der Waals surface area contributed by atoms with Gasteiger partial charge in [0.15, 0.2) is 12.4 Å². The highest BCUT2D eigenvalue weighted by molar-refractivity contribution is 9.10. The number of hydrogen-bond acceptors (Lipinski definition) is 4. The Bertz CT molecular complexity index is 731. The lowest BCUT2D eigenvalue weighted by atomic mass is 10.1. The molecule has 24 heavy (non-hydrogen) atoms. The van der Waals surface area contributed by atoms with Gasteiger partial charge in [-0.1, -0.05) is 42.5 Å². The molecule has 6 heteroatoms. The molecule has 1 amide bonds. The number of ether oxygens (including phenoxy) is 1. The predicted octanol–water partition coefficient (Wildman–Crippen LogP) is 3.59. The molecule has 0 aliphatic carbocycles. The van der Waals surface area contributed by atoms with Crippen LogP contribution in [0.25, 0.3) is 0 Å². The van der Waals surface area contributed by atoms with Crippen molar-refractivity contribution in [2.75, 3.05) is 11.9 Å². The number of esters is 1. The number of rotatable bonds is 7. The van der Waals surface area contributed by atoms with Crippen LogP contribution in [0, 0.1) is 0 Å². The summed E-state index contributed by atoms with van der Waals surface area (Å²) in [5.41, 5.74) is 1.15. The van der Waals surface area contributed by atoms with Crippen LogP contribution in [0.1, 0.15) is 23.2 Å². The zero-order valence-electron chi connectivity index (χ0n) is 12.8. The van der Waals surface area contributed by atoms with Gasteiger partial charge < -0.3 is 10.1 Å². The standard InChI is InChI=1S/C18H16BrNO4/c19-14-8-4-5-9-15(14)20-17(22)12-24-18(23)11-10-16(21)13-6-2-1-3-7-13/h1-9H,10-12H2,(H,20,22). The summed E-state index contributed by atoms with van der Waals surface area (Å²) in [6, 6.07) is 15.8. The van der Waals surface area contributed by atoms with Crippen molar-refractivity contribution in [2.45, 2.75) is 12.8 Å². The van der Waals surface area contributed by atoms with Gasteiger partial charge in [-0.05, 0) is 28.1 Å². The number of carbonyl (C=O) groups is 3. The smallest absolute Gasteiger partial charge is 0.306 e. The van der Waals surface area contributed by atoms with Crippen molar-refractivity contribution in [3.05, 3.63) is 64.6 Å². The first-order valence-electron chi connectivity index (χ1n) is 7.34. The highest BCUT2D eigenvalue weighted by Crippen LogP contribution is 2.20. The van der Waals surface area contributed by atoms with Crippen molar-refractivity contribution in [1.29, 1.82) is 0 Å². The van der Waals surface area contributed by atoms with Crippen molar-refractivity contribution in [1.82, 2.24) is 0 Å². The molecule has 0 saturated heterocycles. The molecule has 0 spiro atoms. The second-order valence-electron chi connectivity index (χ2n) is 4.98. The van der Waals surface area contributed by atoms with Crippen LogP contribution < -0.4 is 5.32 Å². The third kappa shape index (κ3) is 5.62. The fourth-order valence-corrected chi connectivity index (χ4v) is 2.33. The maximum atomic E-state index is 11.9.